The second kappa shape index (κ2) is 9.12. The molecule has 1 aliphatic heterocycles. The smallest absolute Gasteiger partial charge is 0.358 e. The molecular formula is C26H17F3N2O4S. The Morgan fingerprint density at radius 1 is 0.972 bits per heavy atom. The Balaban J connectivity index is 1.68. The number of carbonyl (C=O) groups is 1. The van der Waals surface area contributed by atoms with Crippen LogP contribution >= 0.6 is 11.8 Å². The van der Waals surface area contributed by atoms with Crippen molar-refractivity contribution in [2.45, 2.75) is 16.7 Å². The molecule has 0 amide bonds. The molecule has 0 radical (unpaired) electrons. The van der Waals surface area contributed by atoms with Gasteiger partial charge in [-0.05, 0) is 46.5 Å². The van der Waals surface area contributed by atoms with Gasteiger partial charge in [-0.15, -0.1) is 11.8 Å². The molecule has 1 aromatic heterocycles. The van der Waals surface area contributed by atoms with Gasteiger partial charge in [0.05, 0.1) is 6.04 Å². The molecule has 0 aliphatic carbocycles. The number of aromatic nitrogens is 1. The predicted molar refractivity (Wildman–Crippen MR) is 128 cm³/mol. The standard InChI is InChI=1S/C26H17F3N2O4S/c27-15-4-1-13(2-5-15)14-3-6-17-21(11-14)36-12-18-16(7-8-19(28)22(18)29)23(17)30-31-10-9-20(32)25(33)24(31)26(34)35/h1-11,23,30,33H,12H2,(H,34,35). The fourth-order valence-electron chi connectivity index (χ4n) is 4.18. The maximum Gasteiger partial charge on any atom is 0.358 e. The zero-order valence-electron chi connectivity index (χ0n) is 18.3. The monoisotopic (exact) mass is 510 g/mol. The van der Waals surface area contributed by atoms with Crippen molar-refractivity contribution in [3.63, 3.8) is 0 Å². The molecule has 3 N–H and O–H groups in total. The minimum Gasteiger partial charge on any atom is -0.502 e. The van der Waals surface area contributed by atoms with Crippen LogP contribution in [0, 0.1) is 17.5 Å². The fraction of sp³-hybridized carbons (Fsp3) is 0.0769. The summed E-state index contributed by atoms with van der Waals surface area (Å²) in [5.41, 5.74) is 3.98. The van der Waals surface area contributed by atoms with Crippen molar-refractivity contribution in [3.05, 3.63) is 117 Å². The van der Waals surface area contributed by atoms with Gasteiger partial charge in [0.15, 0.2) is 23.1 Å². The summed E-state index contributed by atoms with van der Waals surface area (Å²) in [6, 6.07) is 13.8. The summed E-state index contributed by atoms with van der Waals surface area (Å²) in [4.78, 5) is 24.4. The van der Waals surface area contributed by atoms with Crippen molar-refractivity contribution in [1.82, 2.24) is 4.68 Å². The van der Waals surface area contributed by atoms with Crippen LogP contribution in [0.2, 0.25) is 0 Å². The van der Waals surface area contributed by atoms with Crippen LogP contribution in [0.5, 0.6) is 5.75 Å². The third-order valence-electron chi connectivity index (χ3n) is 5.96. The van der Waals surface area contributed by atoms with Gasteiger partial charge in [0.2, 0.25) is 5.43 Å². The largest absolute Gasteiger partial charge is 0.502 e. The first-order valence-corrected chi connectivity index (χ1v) is 11.7. The number of carboxylic acid groups (broad SMARTS) is 1. The number of aromatic carboxylic acids is 1. The number of aromatic hydroxyl groups is 1. The molecule has 2 heterocycles. The van der Waals surface area contributed by atoms with E-state index in [2.05, 4.69) is 5.43 Å². The van der Waals surface area contributed by atoms with E-state index < -0.39 is 40.5 Å². The van der Waals surface area contributed by atoms with Crippen LogP contribution in [-0.2, 0) is 5.75 Å². The van der Waals surface area contributed by atoms with E-state index in [-0.39, 0.29) is 17.1 Å². The molecule has 182 valence electrons. The lowest BCUT2D eigenvalue weighted by molar-refractivity contribution is 0.0681. The lowest BCUT2D eigenvalue weighted by Gasteiger charge is -2.25. The van der Waals surface area contributed by atoms with Crippen molar-refractivity contribution in [2.24, 2.45) is 0 Å². The topological polar surface area (TPSA) is 91.6 Å². The van der Waals surface area contributed by atoms with Gasteiger partial charge in [-0.25, -0.2) is 18.0 Å². The summed E-state index contributed by atoms with van der Waals surface area (Å²) < 4.78 is 43.4. The number of halogens is 3. The van der Waals surface area contributed by atoms with Gasteiger partial charge in [0.1, 0.15) is 5.82 Å². The summed E-state index contributed by atoms with van der Waals surface area (Å²) in [7, 11) is 0. The van der Waals surface area contributed by atoms with Crippen LogP contribution in [0.1, 0.15) is 33.2 Å². The number of benzene rings is 3. The van der Waals surface area contributed by atoms with Gasteiger partial charge in [-0.1, -0.05) is 30.3 Å². The predicted octanol–water partition coefficient (Wildman–Crippen LogP) is 5.28. The number of hydrogen-bond acceptors (Lipinski definition) is 5. The highest BCUT2D eigenvalue weighted by Gasteiger charge is 2.29. The first kappa shape index (κ1) is 23.6. The average molecular weight is 510 g/mol. The Labute approximate surface area is 206 Å². The zero-order chi connectivity index (χ0) is 25.6. The molecule has 10 heteroatoms. The summed E-state index contributed by atoms with van der Waals surface area (Å²) in [5.74, 6) is -4.83. The molecule has 1 aliphatic rings. The van der Waals surface area contributed by atoms with Gasteiger partial charge in [-0.2, -0.15) is 0 Å². The number of pyridine rings is 1. The lowest BCUT2D eigenvalue weighted by atomic mass is 9.93. The lowest BCUT2D eigenvalue weighted by Crippen LogP contribution is -2.29. The highest BCUT2D eigenvalue weighted by atomic mass is 32.2. The minimum atomic E-state index is -1.56. The van der Waals surface area contributed by atoms with Gasteiger partial charge >= 0.3 is 5.97 Å². The van der Waals surface area contributed by atoms with Gasteiger partial charge in [0.25, 0.3) is 0 Å². The third kappa shape index (κ3) is 4.09. The molecule has 5 rings (SSSR count). The molecule has 0 spiro atoms. The van der Waals surface area contributed by atoms with E-state index in [0.717, 1.165) is 34.1 Å². The van der Waals surface area contributed by atoms with Crippen molar-refractivity contribution >= 4 is 17.7 Å². The van der Waals surface area contributed by atoms with Crippen molar-refractivity contribution in [1.29, 1.82) is 0 Å². The third-order valence-corrected chi connectivity index (χ3v) is 7.06. The average Bonchev–Trinajstić information content (AvgIpc) is 3.01. The van der Waals surface area contributed by atoms with E-state index in [0.29, 0.717) is 16.0 Å². The van der Waals surface area contributed by atoms with E-state index in [1.165, 1.54) is 30.0 Å². The second-order valence-electron chi connectivity index (χ2n) is 8.09. The van der Waals surface area contributed by atoms with Crippen molar-refractivity contribution < 1.29 is 28.2 Å². The molecule has 1 unspecified atom stereocenters. The number of hydrogen-bond donors (Lipinski definition) is 3. The highest BCUT2D eigenvalue weighted by Crippen LogP contribution is 2.43. The maximum atomic E-state index is 14.9. The summed E-state index contributed by atoms with van der Waals surface area (Å²) in [5, 5.41) is 19.7. The van der Waals surface area contributed by atoms with Crippen LogP contribution < -0.4 is 10.9 Å². The quantitative estimate of drug-likeness (QED) is 0.346. The van der Waals surface area contributed by atoms with E-state index in [1.807, 2.05) is 6.07 Å². The number of thioether (sulfide) groups is 1. The zero-order valence-corrected chi connectivity index (χ0v) is 19.2. The van der Waals surface area contributed by atoms with E-state index in [4.69, 9.17) is 0 Å². The Morgan fingerprint density at radius 2 is 1.67 bits per heavy atom. The van der Waals surface area contributed by atoms with Crippen LogP contribution in [0.15, 0.2) is 76.6 Å². The van der Waals surface area contributed by atoms with Crippen molar-refractivity contribution in [3.8, 4) is 16.9 Å². The summed E-state index contributed by atoms with van der Waals surface area (Å²) in [6.45, 7) is 0. The Morgan fingerprint density at radius 3 is 2.39 bits per heavy atom. The number of rotatable bonds is 4. The Bertz CT molecular complexity index is 1570. The summed E-state index contributed by atoms with van der Waals surface area (Å²) >= 11 is 1.27. The number of fused-ring (bicyclic) bond motifs is 2. The molecule has 3 aromatic carbocycles. The molecule has 0 fully saturated rings. The van der Waals surface area contributed by atoms with Gasteiger partial charge in [-0.3, -0.25) is 9.47 Å². The van der Waals surface area contributed by atoms with Gasteiger partial charge in [0, 0.05) is 28.5 Å². The first-order chi connectivity index (χ1) is 17.2. The van der Waals surface area contributed by atoms with Crippen LogP contribution in [-0.4, -0.2) is 20.9 Å². The Kier molecular flexibility index (Phi) is 5.97. The molecular weight excluding hydrogens is 493 g/mol. The molecule has 0 saturated heterocycles. The van der Waals surface area contributed by atoms with Crippen LogP contribution in [0.4, 0.5) is 13.2 Å². The molecule has 0 saturated carbocycles. The van der Waals surface area contributed by atoms with E-state index in [9.17, 15) is 33.0 Å². The Hall–Kier alpha value is -4.18. The maximum absolute atomic E-state index is 14.9. The molecule has 36 heavy (non-hydrogen) atoms. The van der Waals surface area contributed by atoms with Crippen LogP contribution in [0.25, 0.3) is 11.1 Å². The molecule has 4 aromatic rings. The van der Waals surface area contributed by atoms with Crippen molar-refractivity contribution in [2.75, 3.05) is 5.43 Å². The van der Waals surface area contributed by atoms with E-state index >= 15 is 0 Å². The van der Waals surface area contributed by atoms with E-state index in [1.54, 1.807) is 24.3 Å². The molecule has 1 atom stereocenters. The SMILES string of the molecule is O=C(O)c1c(O)c(=O)ccn1NC1c2ccc(-c3ccc(F)cc3)cc2SCc2c1ccc(F)c2F. The first-order valence-electron chi connectivity index (χ1n) is 10.7. The number of nitrogens with zero attached hydrogens (tertiary/aromatic N) is 1. The fourth-order valence-corrected chi connectivity index (χ4v) is 5.33. The molecule has 0 bridgehead atoms. The van der Waals surface area contributed by atoms with Gasteiger partial charge < -0.3 is 15.6 Å². The summed E-state index contributed by atoms with van der Waals surface area (Å²) in [6.07, 6.45) is 1.15. The second-order valence-corrected chi connectivity index (χ2v) is 9.11. The molecule has 6 nitrogen and oxygen atoms in total. The minimum absolute atomic E-state index is 0.0954. The highest BCUT2D eigenvalue weighted by molar-refractivity contribution is 7.98. The number of nitrogens with one attached hydrogen (secondary N) is 1. The van der Waals surface area contributed by atoms with Crippen LogP contribution in [0.3, 0.4) is 0 Å². The number of carboxylic acids is 1. The normalized spacial score (nSPS) is 14.5.